The number of nitrogens with zero attached hydrogens (tertiary/aromatic N) is 1. The molecule has 0 radical (unpaired) electrons. The summed E-state index contributed by atoms with van der Waals surface area (Å²) < 4.78 is 11.7. The quantitative estimate of drug-likeness (QED) is 0.178. The van der Waals surface area contributed by atoms with Crippen molar-refractivity contribution in [2.45, 2.75) is 0 Å². The lowest BCUT2D eigenvalue weighted by Crippen LogP contribution is -2.12. The number of thiophene rings is 2. The minimum atomic E-state index is 0.875. The van der Waals surface area contributed by atoms with Gasteiger partial charge in [0, 0.05) is 68.4 Å². The van der Waals surface area contributed by atoms with E-state index in [1.807, 2.05) is 28.7 Å². The maximum Gasteiger partial charge on any atom is 0.137 e. The highest BCUT2D eigenvalue weighted by molar-refractivity contribution is 7.26. The Bertz CT molecular complexity index is 3130. The first-order valence-corrected chi connectivity index (χ1v) is 19.1. The van der Waals surface area contributed by atoms with Crippen LogP contribution in [-0.2, 0) is 0 Å². The number of benzene rings is 8. The van der Waals surface area contributed by atoms with Gasteiger partial charge in [0.25, 0.3) is 0 Å². The van der Waals surface area contributed by atoms with Crippen LogP contribution < -0.4 is 4.90 Å². The monoisotopic (exact) mass is 699 g/mol. The summed E-state index contributed by atoms with van der Waals surface area (Å²) in [6.07, 6.45) is 0. The Morgan fingerprint density at radius 2 is 1.00 bits per heavy atom. The SMILES string of the molecule is c1ccc(-c2ccc3sc4ccccc4c3c2N(c2ccc3c(c2)oc2ccccc23)c2ccc(-c3ccccc3)c3sc4ccccc4c23)cc1. The van der Waals surface area contributed by atoms with E-state index in [4.69, 9.17) is 4.42 Å². The lowest BCUT2D eigenvalue weighted by molar-refractivity contribution is 0.669. The van der Waals surface area contributed by atoms with Gasteiger partial charge in [-0.25, -0.2) is 0 Å². The van der Waals surface area contributed by atoms with Crippen molar-refractivity contribution in [3.63, 3.8) is 0 Å². The van der Waals surface area contributed by atoms with E-state index < -0.39 is 0 Å². The number of hydrogen-bond donors (Lipinski definition) is 0. The number of rotatable bonds is 5. The normalized spacial score (nSPS) is 11.8. The smallest absolute Gasteiger partial charge is 0.137 e. The third-order valence-corrected chi connectivity index (χ3v) is 12.6. The molecule has 3 aromatic heterocycles. The van der Waals surface area contributed by atoms with Crippen molar-refractivity contribution >= 4 is 102 Å². The van der Waals surface area contributed by atoms with E-state index >= 15 is 0 Å². The second-order valence-electron chi connectivity index (χ2n) is 13.2. The van der Waals surface area contributed by atoms with Crippen LogP contribution in [-0.4, -0.2) is 0 Å². The zero-order chi connectivity index (χ0) is 34.2. The molecule has 0 aliphatic heterocycles. The summed E-state index contributed by atoms with van der Waals surface area (Å²) in [5.74, 6) is 0. The minimum absolute atomic E-state index is 0.875. The Labute approximate surface area is 308 Å². The third kappa shape index (κ3) is 4.48. The molecule has 0 N–H and O–H groups in total. The highest BCUT2D eigenvalue weighted by atomic mass is 32.1. The van der Waals surface area contributed by atoms with Crippen LogP contribution in [0.3, 0.4) is 0 Å². The van der Waals surface area contributed by atoms with Gasteiger partial charge in [0.1, 0.15) is 11.2 Å². The van der Waals surface area contributed by atoms with Crippen molar-refractivity contribution in [3.05, 3.63) is 176 Å². The van der Waals surface area contributed by atoms with Gasteiger partial charge in [-0.05, 0) is 59.2 Å². The lowest BCUT2D eigenvalue weighted by Gasteiger charge is -2.30. The summed E-state index contributed by atoms with van der Waals surface area (Å²) in [6, 6.07) is 63.7. The van der Waals surface area contributed by atoms with Crippen molar-refractivity contribution in [3.8, 4) is 22.3 Å². The first kappa shape index (κ1) is 29.5. The summed E-state index contributed by atoms with van der Waals surface area (Å²) in [6.45, 7) is 0. The van der Waals surface area contributed by atoms with E-state index in [1.54, 1.807) is 0 Å². The Morgan fingerprint density at radius 3 is 1.77 bits per heavy atom. The zero-order valence-corrected chi connectivity index (χ0v) is 29.5. The van der Waals surface area contributed by atoms with Crippen LogP contribution in [0.15, 0.2) is 180 Å². The highest BCUT2D eigenvalue weighted by Gasteiger charge is 2.27. The maximum atomic E-state index is 6.57. The third-order valence-electron chi connectivity index (χ3n) is 10.3. The van der Waals surface area contributed by atoms with Crippen LogP contribution in [0, 0.1) is 0 Å². The van der Waals surface area contributed by atoms with E-state index in [9.17, 15) is 0 Å². The fourth-order valence-electron chi connectivity index (χ4n) is 7.97. The molecular formula is C48H29NOS2. The number of para-hydroxylation sites is 1. The Morgan fingerprint density at radius 1 is 0.404 bits per heavy atom. The van der Waals surface area contributed by atoms with E-state index in [0.717, 1.165) is 33.3 Å². The first-order chi connectivity index (χ1) is 25.8. The summed E-state index contributed by atoms with van der Waals surface area (Å²) in [5, 5.41) is 7.28. The molecule has 11 rings (SSSR count). The number of furan rings is 1. The molecule has 0 amide bonds. The second-order valence-corrected chi connectivity index (χ2v) is 15.3. The molecule has 0 saturated carbocycles. The van der Waals surface area contributed by atoms with Crippen molar-refractivity contribution in [2.24, 2.45) is 0 Å². The van der Waals surface area contributed by atoms with Gasteiger partial charge in [0.2, 0.25) is 0 Å². The summed E-state index contributed by atoms with van der Waals surface area (Å²) in [4.78, 5) is 2.52. The highest BCUT2D eigenvalue weighted by Crippen LogP contribution is 2.54. The molecule has 0 atom stereocenters. The molecule has 3 heterocycles. The standard InChI is InChI=1S/C48H29NOS2/c1-3-13-30(14-4-1)33-26-28-44-46(38-19-9-11-21-42(38)51-44)47(33)49(32-23-24-36-35-17-7-10-20-40(35)50-41(36)29-32)39-27-25-34(31-15-5-2-6-16-31)48-45(39)37-18-8-12-22-43(37)52-48/h1-29H. The predicted octanol–water partition coefficient (Wildman–Crippen LogP) is 15.1. The van der Waals surface area contributed by atoms with Crippen LogP contribution in [0.4, 0.5) is 17.1 Å². The molecule has 0 spiro atoms. The summed E-state index contributed by atoms with van der Waals surface area (Å²) in [5.41, 5.74) is 9.96. The van der Waals surface area contributed by atoms with Crippen molar-refractivity contribution in [1.29, 1.82) is 0 Å². The molecule has 0 unspecified atom stereocenters. The Kier molecular flexibility index (Phi) is 6.63. The molecule has 11 aromatic rings. The van der Waals surface area contributed by atoms with Crippen LogP contribution in [0.25, 0.3) is 84.5 Å². The molecule has 0 aliphatic rings. The van der Waals surface area contributed by atoms with E-state index in [2.05, 4.69) is 175 Å². The topological polar surface area (TPSA) is 16.4 Å². The average molecular weight is 700 g/mol. The molecular weight excluding hydrogens is 671 g/mol. The van der Waals surface area contributed by atoms with Gasteiger partial charge in [0.05, 0.1) is 11.4 Å². The molecule has 0 aliphatic carbocycles. The molecule has 0 saturated heterocycles. The van der Waals surface area contributed by atoms with E-state index in [0.29, 0.717) is 0 Å². The average Bonchev–Trinajstić information content (AvgIpc) is 3.90. The minimum Gasteiger partial charge on any atom is -0.456 e. The van der Waals surface area contributed by atoms with Crippen molar-refractivity contribution in [1.82, 2.24) is 0 Å². The molecule has 4 heteroatoms. The first-order valence-electron chi connectivity index (χ1n) is 17.5. The van der Waals surface area contributed by atoms with Gasteiger partial charge in [0.15, 0.2) is 0 Å². The van der Waals surface area contributed by atoms with Crippen LogP contribution in [0.2, 0.25) is 0 Å². The van der Waals surface area contributed by atoms with Crippen molar-refractivity contribution < 1.29 is 4.42 Å². The van der Waals surface area contributed by atoms with Crippen LogP contribution >= 0.6 is 22.7 Å². The maximum absolute atomic E-state index is 6.57. The van der Waals surface area contributed by atoms with E-state index in [1.165, 1.54) is 68.3 Å². The molecule has 0 bridgehead atoms. The van der Waals surface area contributed by atoms with Gasteiger partial charge >= 0.3 is 0 Å². The second kappa shape index (κ2) is 11.7. The fourth-order valence-corrected chi connectivity index (χ4v) is 10.3. The van der Waals surface area contributed by atoms with Gasteiger partial charge in [-0.3, -0.25) is 0 Å². The number of fused-ring (bicyclic) bond motifs is 9. The van der Waals surface area contributed by atoms with Gasteiger partial charge in [-0.2, -0.15) is 0 Å². The van der Waals surface area contributed by atoms with Crippen molar-refractivity contribution in [2.75, 3.05) is 4.90 Å². The molecule has 2 nitrogen and oxygen atoms in total. The largest absolute Gasteiger partial charge is 0.456 e. The molecule has 244 valence electrons. The zero-order valence-electron chi connectivity index (χ0n) is 27.9. The number of hydrogen-bond acceptors (Lipinski definition) is 4. The number of anilines is 3. The van der Waals surface area contributed by atoms with Gasteiger partial charge < -0.3 is 9.32 Å². The van der Waals surface area contributed by atoms with E-state index in [-0.39, 0.29) is 0 Å². The Hall–Kier alpha value is -6.20. The summed E-state index contributed by atoms with van der Waals surface area (Å²) in [7, 11) is 0. The fraction of sp³-hybridized carbons (Fsp3) is 0. The van der Waals surface area contributed by atoms with Crippen LogP contribution in [0.5, 0.6) is 0 Å². The Balaban J connectivity index is 1.32. The van der Waals surface area contributed by atoms with Gasteiger partial charge in [-0.15, -0.1) is 22.7 Å². The lowest BCUT2D eigenvalue weighted by atomic mass is 9.96. The molecule has 8 aromatic carbocycles. The van der Waals surface area contributed by atoms with Crippen LogP contribution in [0.1, 0.15) is 0 Å². The summed E-state index contributed by atoms with van der Waals surface area (Å²) >= 11 is 3.73. The molecule has 52 heavy (non-hydrogen) atoms. The van der Waals surface area contributed by atoms with Gasteiger partial charge in [-0.1, -0.05) is 127 Å². The molecule has 0 fully saturated rings. The predicted molar refractivity (Wildman–Crippen MR) is 225 cm³/mol.